The van der Waals surface area contributed by atoms with E-state index in [4.69, 9.17) is 0 Å². The van der Waals surface area contributed by atoms with E-state index in [-0.39, 0.29) is 0 Å². The maximum atomic E-state index is 3.83. The molecule has 1 nitrogen and oxygen atoms in total. The molecule has 1 heteroatoms. The molecule has 1 N–H and O–H groups in total. The average molecular weight is 163 g/mol. The van der Waals surface area contributed by atoms with Crippen molar-refractivity contribution in [1.82, 2.24) is 5.32 Å². The van der Waals surface area contributed by atoms with Gasteiger partial charge in [-0.3, -0.25) is 0 Å². The van der Waals surface area contributed by atoms with Crippen LogP contribution in [0.2, 0.25) is 0 Å². The van der Waals surface area contributed by atoms with Crippen molar-refractivity contribution in [2.75, 3.05) is 0 Å². The van der Waals surface area contributed by atoms with Crippen molar-refractivity contribution in [2.24, 2.45) is 0 Å². The monoisotopic (exact) mass is 163 g/mol. The lowest BCUT2D eigenvalue weighted by Gasteiger charge is -2.04. The van der Waals surface area contributed by atoms with Crippen LogP contribution in [0, 0.1) is 0 Å². The third-order valence-corrected chi connectivity index (χ3v) is 1.21. The lowest BCUT2D eigenvalue weighted by molar-refractivity contribution is 1.01. The second-order valence-corrected chi connectivity index (χ2v) is 2.82. The summed E-state index contributed by atoms with van der Waals surface area (Å²) in [5.41, 5.74) is 2.96. The Morgan fingerprint density at radius 2 is 1.83 bits per heavy atom. The molecular weight excluding hydrogens is 146 g/mol. The van der Waals surface area contributed by atoms with Crippen LogP contribution in [0.4, 0.5) is 0 Å². The van der Waals surface area contributed by atoms with Crippen molar-refractivity contribution in [1.29, 1.82) is 0 Å². The number of nitrogens with one attached hydrogen (secondary N) is 1. The highest BCUT2D eigenvalue weighted by Gasteiger charge is 1.87. The van der Waals surface area contributed by atoms with Gasteiger partial charge >= 0.3 is 0 Å². The Kier molecular flexibility index (Phi) is 4.86. The third kappa shape index (κ3) is 5.54. The van der Waals surface area contributed by atoms with E-state index in [9.17, 15) is 0 Å². The second-order valence-electron chi connectivity index (χ2n) is 2.82. The van der Waals surface area contributed by atoms with Crippen molar-refractivity contribution >= 4 is 0 Å². The van der Waals surface area contributed by atoms with Crippen LogP contribution in [0.3, 0.4) is 0 Å². The van der Waals surface area contributed by atoms with Crippen LogP contribution in [0.15, 0.2) is 48.4 Å². The SMILES string of the molecule is C=C(C)NC(=C)/C=C(C)\C=C/C. The topological polar surface area (TPSA) is 12.0 Å². The Hall–Kier alpha value is -1.24. The molecule has 0 heterocycles. The van der Waals surface area contributed by atoms with Crippen LogP contribution >= 0.6 is 0 Å². The quantitative estimate of drug-likeness (QED) is 0.628. The van der Waals surface area contributed by atoms with Gasteiger partial charge in [-0.2, -0.15) is 0 Å². The van der Waals surface area contributed by atoms with Gasteiger partial charge in [-0.1, -0.05) is 25.3 Å². The molecule has 0 fully saturated rings. The summed E-state index contributed by atoms with van der Waals surface area (Å²) in [5.74, 6) is 0. The number of allylic oxidation sites excluding steroid dienone is 5. The molecule has 0 aromatic carbocycles. The molecule has 0 bridgehead atoms. The Balaban J connectivity index is 4.14. The molecule has 0 unspecified atom stereocenters. The Labute approximate surface area is 75.2 Å². The van der Waals surface area contributed by atoms with Crippen molar-refractivity contribution in [2.45, 2.75) is 20.8 Å². The predicted molar refractivity (Wildman–Crippen MR) is 55.7 cm³/mol. The molecule has 0 radical (unpaired) electrons. The zero-order valence-electron chi connectivity index (χ0n) is 8.15. The summed E-state index contributed by atoms with van der Waals surface area (Å²) >= 11 is 0. The molecule has 0 aliphatic rings. The largest absolute Gasteiger partial charge is 0.360 e. The minimum absolute atomic E-state index is 0.873. The van der Waals surface area contributed by atoms with Gasteiger partial charge in [-0.05, 0) is 32.4 Å². The van der Waals surface area contributed by atoms with Crippen molar-refractivity contribution in [3.63, 3.8) is 0 Å². The van der Waals surface area contributed by atoms with E-state index >= 15 is 0 Å². The third-order valence-electron chi connectivity index (χ3n) is 1.21. The molecule has 0 spiro atoms. The minimum atomic E-state index is 0.873. The Bertz CT molecular complexity index is 231. The Morgan fingerprint density at radius 1 is 1.25 bits per heavy atom. The smallest absolute Gasteiger partial charge is 0.0311 e. The standard InChI is InChI=1S/C11H17N/c1-6-7-10(4)8-11(5)12-9(2)3/h6-8,12H,2,5H2,1,3-4H3/b7-6-,10-8-. The number of rotatable bonds is 4. The van der Waals surface area contributed by atoms with Gasteiger partial charge in [0.1, 0.15) is 0 Å². The summed E-state index contributed by atoms with van der Waals surface area (Å²) in [4.78, 5) is 0. The summed E-state index contributed by atoms with van der Waals surface area (Å²) in [5, 5.41) is 3.03. The van der Waals surface area contributed by atoms with Crippen molar-refractivity contribution in [3.8, 4) is 0 Å². The van der Waals surface area contributed by atoms with E-state index in [1.165, 1.54) is 5.57 Å². The summed E-state index contributed by atoms with van der Waals surface area (Å²) < 4.78 is 0. The molecule has 0 aromatic rings. The first-order valence-corrected chi connectivity index (χ1v) is 3.98. The van der Waals surface area contributed by atoms with Crippen LogP contribution in [0.25, 0.3) is 0 Å². The molecule has 0 rings (SSSR count). The summed E-state index contributed by atoms with van der Waals surface area (Å²) in [6.07, 6.45) is 6.01. The summed E-state index contributed by atoms with van der Waals surface area (Å²) in [7, 11) is 0. The van der Waals surface area contributed by atoms with Gasteiger partial charge in [-0.15, -0.1) is 0 Å². The van der Waals surface area contributed by atoms with Crippen LogP contribution in [-0.2, 0) is 0 Å². The highest BCUT2D eigenvalue weighted by molar-refractivity contribution is 5.27. The van der Waals surface area contributed by atoms with Gasteiger partial charge < -0.3 is 5.32 Å². The zero-order valence-corrected chi connectivity index (χ0v) is 8.15. The van der Waals surface area contributed by atoms with E-state index in [0.29, 0.717) is 0 Å². The highest BCUT2D eigenvalue weighted by atomic mass is 14.9. The first-order chi connectivity index (χ1) is 5.56. The maximum absolute atomic E-state index is 3.83. The first-order valence-electron chi connectivity index (χ1n) is 3.98. The number of hydrogen-bond donors (Lipinski definition) is 1. The number of hydrogen-bond acceptors (Lipinski definition) is 1. The van der Waals surface area contributed by atoms with Gasteiger partial charge in [0.15, 0.2) is 0 Å². The van der Waals surface area contributed by atoms with Crippen LogP contribution in [0.5, 0.6) is 0 Å². The minimum Gasteiger partial charge on any atom is -0.360 e. The zero-order chi connectivity index (χ0) is 9.56. The molecule has 0 atom stereocenters. The van der Waals surface area contributed by atoms with Gasteiger partial charge in [0.2, 0.25) is 0 Å². The van der Waals surface area contributed by atoms with Gasteiger partial charge in [-0.25, -0.2) is 0 Å². The molecule has 0 saturated carbocycles. The molecule has 12 heavy (non-hydrogen) atoms. The first kappa shape index (κ1) is 10.8. The van der Waals surface area contributed by atoms with Crippen molar-refractivity contribution in [3.05, 3.63) is 48.4 Å². The average Bonchev–Trinajstić information content (AvgIpc) is 1.84. The van der Waals surface area contributed by atoms with E-state index in [1.807, 2.05) is 39.0 Å². The molecule has 0 aliphatic carbocycles. The van der Waals surface area contributed by atoms with Crippen molar-refractivity contribution < 1.29 is 0 Å². The fourth-order valence-electron chi connectivity index (χ4n) is 0.896. The molecule has 66 valence electrons. The predicted octanol–water partition coefficient (Wildman–Crippen LogP) is 3.15. The summed E-state index contributed by atoms with van der Waals surface area (Å²) in [6, 6.07) is 0. The molecule has 0 saturated heterocycles. The van der Waals surface area contributed by atoms with Crippen LogP contribution in [-0.4, -0.2) is 0 Å². The lowest BCUT2D eigenvalue weighted by atomic mass is 10.2. The van der Waals surface area contributed by atoms with Gasteiger partial charge in [0, 0.05) is 11.4 Å². The molecular formula is C11H17N. The van der Waals surface area contributed by atoms with Crippen LogP contribution < -0.4 is 5.32 Å². The molecule has 0 aromatic heterocycles. The molecule has 0 aliphatic heterocycles. The lowest BCUT2D eigenvalue weighted by Crippen LogP contribution is -2.06. The maximum Gasteiger partial charge on any atom is 0.0311 e. The van der Waals surface area contributed by atoms with E-state index in [0.717, 1.165) is 11.4 Å². The van der Waals surface area contributed by atoms with E-state index in [1.54, 1.807) is 0 Å². The second kappa shape index (κ2) is 5.42. The molecule has 0 amide bonds. The highest BCUT2D eigenvalue weighted by Crippen LogP contribution is 2.00. The normalized spacial score (nSPS) is 11.8. The van der Waals surface area contributed by atoms with Gasteiger partial charge in [0.25, 0.3) is 0 Å². The fourth-order valence-corrected chi connectivity index (χ4v) is 0.896. The van der Waals surface area contributed by atoms with Crippen LogP contribution in [0.1, 0.15) is 20.8 Å². The Morgan fingerprint density at radius 3 is 2.25 bits per heavy atom. The van der Waals surface area contributed by atoms with Gasteiger partial charge in [0.05, 0.1) is 0 Å². The van der Waals surface area contributed by atoms with E-state index in [2.05, 4.69) is 18.5 Å². The fraction of sp³-hybridized carbons (Fsp3) is 0.273. The summed E-state index contributed by atoms with van der Waals surface area (Å²) in [6.45, 7) is 13.5. The van der Waals surface area contributed by atoms with E-state index < -0.39 is 0 Å².